The van der Waals surface area contributed by atoms with Crippen LogP contribution in [0.15, 0.2) is 18.2 Å². The summed E-state index contributed by atoms with van der Waals surface area (Å²) in [4.78, 5) is 0. The second kappa shape index (κ2) is 5.24. The average molecular weight is 230 g/mol. The van der Waals surface area contributed by atoms with Crippen LogP contribution in [0.25, 0.3) is 0 Å². The third-order valence-corrected chi connectivity index (χ3v) is 2.65. The highest BCUT2D eigenvalue weighted by atomic mass is 35.5. The maximum Gasteiger partial charge on any atom is 0.127 e. The lowest BCUT2D eigenvalue weighted by Gasteiger charge is -2.14. The van der Waals surface area contributed by atoms with Gasteiger partial charge in [-0.25, -0.2) is 0 Å². The second-order valence-electron chi connectivity index (χ2n) is 3.58. The molecule has 0 amide bonds. The summed E-state index contributed by atoms with van der Waals surface area (Å²) >= 11 is 0. The molecule has 1 aromatic rings. The Bertz CT molecular complexity index is 324. The molecule has 1 aliphatic rings. The van der Waals surface area contributed by atoms with Crippen molar-refractivity contribution in [1.29, 1.82) is 0 Å². The third-order valence-electron chi connectivity index (χ3n) is 2.65. The molecule has 1 aromatic carbocycles. The van der Waals surface area contributed by atoms with Crippen LogP contribution in [0, 0.1) is 0 Å². The lowest BCUT2D eigenvalue weighted by molar-refractivity contribution is 0.396. The van der Waals surface area contributed by atoms with Gasteiger partial charge in [0.05, 0.1) is 7.11 Å². The summed E-state index contributed by atoms with van der Waals surface area (Å²) in [5.74, 6) is 1.02. The zero-order chi connectivity index (χ0) is 9.97. The van der Waals surface area contributed by atoms with Gasteiger partial charge < -0.3 is 15.2 Å². The Morgan fingerprint density at radius 2 is 2.27 bits per heavy atom. The molecule has 0 spiro atoms. The van der Waals surface area contributed by atoms with Crippen LogP contribution in [0.1, 0.15) is 24.4 Å². The molecule has 15 heavy (non-hydrogen) atoms. The minimum absolute atomic E-state index is 0. The van der Waals surface area contributed by atoms with E-state index in [2.05, 4.69) is 5.32 Å². The van der Waals surface area contributed by atoms with Crippen LogP contribution >= 0.6 is 12.4 Å². The van der Waals surface area contributed by atoms with Gasteiger partial charge in [0.2, 0.25) is 0 Å². The van der Waals surface area contributed by atoms with Gasteiger partial charge in [-0.15, -0.1) is 12.4 Å². The Kier molecular flexibility index (Phi) is 4.24. The van der Waals surface area contributed by atoms with Crippen molar-refractivity contribution in [1.82, 2.24) is 5.32 Å². The predicted octanol–water partition coefficient (Wildman–Crippen LogP) is 2.25. The number of methoxy groups -OCH3 is 1. The van der Waals surface area contributed by atoms with Crippen LogP contribution in [0.4, 0.5) is 0 Å². The molecular formula is C11H16ClNO2. The molecule has 1 fully saturated rings. The van der Waals surface area contributed by atoms with Crippen molar-refractivity contribution in [2.75, 3.05) is 13.7 Å². The number of aromatic hydroxyl groups is 1. The summed E-state index contributed by atoms with van der Waals surface area (Å²) in [5, 5.41) is 12.7. The molecule has 0 aromatic heterocycles. The molecule has 84 valence electrons. The predicted molar refractivity (Wildman–Crippen MR) is 61.9 cm³/mol. The SMILES string of the molecule is COc1cc(O)ccc1[C@@H]1CCCN1.Cl. The number of nitrogens with one attached hydrogen (secondary N) is 1. The molecule has 3 nitrogen and oxygen atoms in total. The largest absolute Gasteiger partial charge is 0.508 e. The number of benzene rings is 1. The van der Waals surface area contributed by atoms with E-state index in [1.807, 2.05) is 6.07 Å². The normalized spacial score (nSPS) is 19.7. The monoisotopic (exact) mass is 229 g/mol. The van der Waals surface area contributed by atoms with E-state index in [9.17, 15) is 5.11 Å². The Labute approximate surface area is 95.9 Å². The Balaban J connectivity index is 0.00000112. The number of hydrogen-bond donors (Lipinski definition) is 2. The van der Waals surface area contributed by atoms with Gasteiger partial charge in [-0.3, -0.25) is 0 Å². The van der Waals surface area contributed by atoms with E-state index in [1.165, 1.54) is 6.42 Å². The van der Waals surface area contributed by atoms with Crippen LogP contribution in [-0.4, -0.2) is 18.8 Å². The highest BCUT2D eigenvalue weighted by molar-refractivity contribution is 5.85. The summed E-state index contributed by atoms with van der Waals surface area (Å²) in [5.41, 5.74) is 1.14. The maximum atomic E-state index is 9.31. The van der Waals surface area contributed by atoms with Gasteiger partial charge in [-0.2, -0.15) is 0 Å². The van der Waals surface area contributed by atoms with Gasteiger partial charge in [0.1, 0.15) is 11.5 Å². The molecule has 1 aliphatic heterocycles. The summed E-state index contributed by atoms with van der Waals surface area (Å²) in [7, 11) is 1.63. The molecule has 0 aliphatic carbocycles. The maximum absolute atomic E-state index is 9.31. The minimum atomic E-state index is 0. The molecule has 4 heteroatoms. The molecule has 0 saturated carbocycles. The van der Waals surface area contributed by atoms with Gasteiger partial charge in [-0.1, -0.05) is 6.07 Å². The van der Waals surface area contributed by atoms with Crippen molar-refractivity contribution in [3.05, 3.63) is 23.8 Å². The molecule has 2 rings (SSSR count). The smallest absolute Gasteiger partial charge is 0.127 e. The van der Waals surface area contributed by atoms with E-state index in [1.54, 1.807) is 19.2 Å². The number of ether oxygens (including phenoxy) is 1. The summed E-state index contributed by atoms with van der Waals surface area (Å²) in [6.07, 6.45) is 2.34. The van der Waals surface area contributed by atoms with Gasteiger partial charge in [-0.05, 0) is 25.5 Å². The van der Waals surface area contributed by atoms with Crippen LogP contribution in [0.5, 0.6) is 11.5 Å². The molecule has 1 saturated heterocycles. The number of rotatable bonds is 2. The first-order valence-electron chi connectivity index (χ1n) is 4.91. The van der Waals surface area contributed by atoms with Crippen molar-refractivity contribution in [2.45, 2.75) is 18.9 Å². The Hall–Kier alpha value is -0.930. The number of phenols is 1. The first kappa shape index (κ1) is 12.1. The van der Waals surface area contributed by atoms with E-state index in [-0.39, 0.29) is 18.2 Å². The molecule has 0 unspecified atom stereocenters. The molecule has 0 bridgehead atoms. The highest BCUT2D eigenvalue weighted by Gasteiger charge is 2.19. The van der Waals surface area contributed by atoms with E-state index < -0.39 is 0 Å². The molecular weight excluding hydrogens is 214 g/mol. The van der Waals surface area contributed by atoms with Crippen molar-refractivity contribution in [3.63, 3.8) is 0 Å². The van der Waals surface area contributed by atoms with Gasteiger partial charge in [0.15, 0.2) is 0 Å². The molecule has 0 radical (unpaired) electrons. The van der Waals surface area contributed by atoms with E-state index in [4.69, 9.17) is 4.74 Å². The zero-order valence-corrected chi connectivity index (χ0v) is 9.51. The van der Waals surface area contributed by atoms with Gasteiger partial charge in [0.25, 0.3) is 0 Å². The molecule has 1 atom stereocenters. The van der Waals surface area contributed by atoms with Crippen molar-refractivity contribution in [3.8, 4) is 11.5 Å². The second-order valence-corrected chi connectivity index (χ2v) is 3.58. The van der Waals surface area contributed by atoms with E-state index >= 15 is 0 Å². The molecule has 2 N–H and O–H groups in total. The van der Waals surface area contributed by atoms with E-state index in [0.717, 1.165) is 24.3 Å². The van der Waals surface area contributed by atoms with Gasteiger partial charge >= 0.3 is 0 Å². The fourth-order valence-electron chi connectivity index (χ4n) is 1.94. The Morgan fingerprint density at radius 3 is 2.87 bits per heavy atom. The van der Waals surface area contributed by atoms with E-state index in [0.29, 0.717) is 6.04 Å². The van der Waals surface area contributed by atoms with Crippen molar-refractivity contribution in [2.24, 2.45) is 0 Å². The van der Waals surface area contributed by atoms with Crippen LogP contribution in [0.2, 0.25) is 0 Å². The van der Waals surface area contributed by atoms with Crippen molar-refractivity contribution >= 4 is 12.4 Å². The lowest BCUT2D eigenvalue weighted by Crippen LogP contribution is -2.13. The fourth-order valence-corrected chi connectivity index (χ4v) is 1.94. The third kappa shape index (κ3) is 2.55. The quantitative estimate of drug-likeness (QED) is 0.818. The number of phenolic OH excluding ortho intramolecular Hbond substituents is 1. The summed E-state index contributed by atoms with van der Waals surface area (Å²) in [6, 6.07) is 5.68. The molecule has 1 heterocycles. The summed E-state index contributed by atoms with van der Waals surface area (Å²) < 4.78 is 5.24. The van der Waals surface area contributed by atoms with Crippen LogP contribution in [0.3, 0.4) is 0 Å². The average Bonchev–Trinajstić information content (AvgIpc) is 2.70. The number of halogens is 1. The zero-order valence-electron chi connectivity index (χ0n) is 8.69. The van der Waals surface area contributed by atoms with Crippen molar-refractivity contribution < 1.29 is 9.84 Å². The lowest BCUT2D eigenvalue weighted by atomic mass is 10.0. The highest BCUT2D eigenvalue weighted by Crippen LogP contribution is 2.32. The van der Waals surface area contributed by atoms with Gasteiger partial charge in [0, 0.05) is 17.7 Å². The number of hydrogen-bond acceptors (Lipinski definition) is 3. The first-order valence-corrected chi connectivity index (χ1v) is 4.91. The van der Waals surface area contributed by atoms with Crippen LogP contribution in [-0.2, 0) is 0 Å². The minimum Gasteiger partial charge on any atom is -0.508 e. The summed E-state index contributed by atoms with van der Waals surface area (Å²) in [6.45, 7) is 1.06. The fraction of sp³-hybridized carbons (Fsp3) is 0.455. The standard InChI is InChI=1S/C11H15NO2.ClH/c1-14-11-7-8(13)4-5-9(11)10-3-2-6-12-10;/h4-5,7,10,12-13H,2-3,6H2,1H3;1H/t10-;/m0./s1. The topological polar surface area (TPSA) is 41.5 Å². The first-order chi connectivity index (χ1) is 6.81. The Morgan fingerprint density at radius 1 is 1.47 bits per heavy atom. The van der Waals surface area contributed by atoms with Crippen LogP contribution < -0.4 is 10.1 Å².